The average Bonchev–Trinajstić information content (AvgIpc) is 2.35. The molecule has 17 heavy (non-hydrogen) atoms. The molecule has 2 fully saturated rings. The average molecular weight is 238 g/mol. The molecule has 2 heteroatoms. The van der Waals surface area contributed by atoms with E-state index < -0.39 is 0 Å². The van der Waals surface area contributed by atoms with Crippen molar-refractivity contribution in [1.82, 2.24) is 0 Å². The molecule has 0 heterocycles. The smallest absolute Gasteiger partial charge is 0.132 e. The third kappa shape index (κ3) is 3.31. The van der Waals surface area contributed by atoms with Gasteiger partial charge in [-0.3, -0.25) is 4.79 Å². The van der Waals surface area contributed by atoms with Crippen LogP contribution in [0.5, 0.6) is 0 Å². The molecule has 1 atom stereocenters. The molecule has 1 N–H and O–H groups in total. The van der Waals surface area contributed by atoms with E-state index in [1.54, 1.807) is 0 Å². The van der Waals surface area contributed by atoms with Gasteiger partial charge in [-0.25, -0.2) is 0 Å². The van der Waals surface area contributed by atoms with Crippen LogP contribution in [0.25, 0.3) is 0 Å². The summed E-state index contributed by atoms with van der Waals surface area (Å²) in [4.78, 5) is 11.3. The molecular formula is C15H26O2. The van der Waals surface area contributed by atoms with Crippen molar-refractivity contribution in [2.45, 2.75) is 70.8 Å². The monoisotopic (exact) mass is 238 g/mol. The molecule has 0 aliphatic heterocycles. The summed E-state index contributed by atoms with van der Waals surface area (Å²) in [6.45, 7) is 2.30. The van der Waals surface area contributed by atoms with E-state index in [-0.39, 0.29) is 6.10 Å². The van der Waals surface area contributed by atoms with Crippen LogP contribution in [-0.2, 0) is 4.79 Å². The summed E-state index contributed by atoms with van der Waals surface area (Å²) in [6, 6.07) is 0. The Morgan fingerprint density at radius 2 is 1.59 bits per heavy atom. The van der Waals surface area contributed by atoms with Crippen LogP contribution in [0.2, 0.25) is 0 Å². The van der Waals surface area contributed by atoms with Crippen LogP contribution in [0.15, 0.2) is 0 Å². The maximum absolute atomic E-state index is 11.3. The number of hydrogen-bond donors (Lipinski definition) is 1. The van der Waals surface area contributed by atoms with Crippen molar-refractivity contribution >= 4 is 5.78 Å². The van der Waals surface area contributed by atoms with E-state index in [4.69, 9.17) is 0 Å². The highest BCUT2D eigenvalue weighted by Gasteiger charge is 2.32. The molecule has 2 aliphatic carbocycles. The number of carbonyl (C=O) groups is 1. The highest BCUT2D eigenvalue weighted by Crippen LogP contribution is 2.40. The Bertz CT molecular complexity index is 244. The molecule has 2 rings (SSSR count). The summed E-state index contributed by atoms with van der Waals surface area (Å²) in [5.74, 6) is 2.85. The zero-order chi connectivity index (χ0) is 12.3. The fourth-order valence-corrected chi connectivity index (χ4v) is 3.97. The first-order valence-corrected chi connectivity index (χ1v) is 7.40. The molecule has 0 amide bonds. The maximum Gasteiger partial charge on any atom is 0.132 e. The van der Waals surface area contributed by atoms with Crippen LogP contribution >= 0.6 is 0 Å². The predicted molar refractivity (Wildman–Crippen MR) is 68.7 cm³/mol. The van der Waals surface area contributed by atoms with Gasteiger partial charge in [0.15, 0.2) is 0 Å². The third-order valence-corrected chi connectivity index (χ3v) is 5.01. The van der Waals surface area contributed by atoms with Crippen molar-refractivity contribution in [3.63, 3.8) is 0 Å². The number of Topliss-reactive ketones (excluding diaryl/α,β-unsaturated/α-hetero) is 1. The van der Waals surface area contributed by atoms with Gasteiger partial charge in [0.1, 0.15) is 5.78 Å². The Morgan fingerprint density at radius 3 is 2.12 bits per heavy atom. The summed E-state index contributed by atoms with van der Waals surface area (Å²) in [6.07, 6.45) is 9.46. The Kier molecular flexibility index (Phi) is 4.61. The standard InChI is InChI=1S/C15H26O2/c1-2-15(11-3-7-13(16)8-4-11)12-5-9-14(17)10-6-12/h11-13,15-16H,2-10H2,1H3. The largest absolute Gasteiger partial charge is 0.393 e. The van der Waals surface area contributed by atoms with Crippen LogP contribution < -0.4 is 0 Å². The Balaban J connectivity index is 1.89. The van der Waals surface area contributed by atoms with E-state index in [0.29, 0.717) is 5.78 Å². The highest BCUT2D eigenvalue weighted by atomic mass is 16.3. The van der Waals surface area contributed by atoms with Crippen LogP contribution in [-0.4, -0.2) is 17.0 Å². The number of carbonyl (C=O) groups excluding carboxylic acids is 1. The minimum atomic E-state index is -0.0447. The molecule has 2 aliphatic rings. The van der Waals surface area contributed by atoms with E-state index >= 15 is 0 Å². The van der Waals surface area contributed by atoms with Gasteiger partial charge >= 0.3 is 0 Å². The lowest BCUT2D eigenvalue weighted by molar-refractivity contribution is -0.121. The second-order valence-electron chi connectivity index (χ2n) is 6.02. The summed E-state index contributed by atoms with van der Waals surface area (Å²) in [5, 5.41) is 9.58. The first kappa shape index (κ1) is 13.1. The van der Waals surface area contributed by atoms with Crippen LogP contribution in [0.3, 0.4) is 0 Å². The summed E-state index contributed by atoms with van der Waals surface area (Å²) in [5.41, 5.74) is 0. The molecular weight excluding hydrogens is 212 g/mol. The van der Waals surface area contributed by atoms with Gasteiger partial charge in [-0.2, -0.15) is 0 Å². The molecule has 2 nitrogen and oxygen atoms in total. The normalized spacial score (nSPS) is 33.6. The lowest BCUT2D eigenvalue weighted by atomic mass is 9.68. The minimum absolute atomic E-state index is 0.0447. The third-order valence-electron chi connectivity index (χ3n) is 5.01. The van der Waals surface area contributed by atoms with Crippen molar-refractivity contribution in [2.24, 2.45) is 17.8 Å². The zero-order valence-corrected chi connectivity index (χ0v) is 11.0. The van der Waals surface area contributed by atoms with E-state index in [0.717, 1.165) is 56.3 Å². The first-order chi connectivity index (χ1) is 8.20. The van der Waals surface area contributed by atoms with Crippen LogP contribution in [0, 0.1) is 17.8 Å². The quantitative estimate of drug-likeness (QED) is 0.819. The lowest BCUT2D eigenvalue weighted by Crippen LogP contribution is -2.30. The van der Waals surface area contributed by atoms with Gasteiger partial charge in [-0.15, -0.1) is 0 Å². The van der Waals surface area contributed by atoms with Gasteiger partial charge in [0.05, 0.1) is 6.10 Å². The Hall–Kier alpha value is -0.370. The summed E-state index contributed by atoms with van der Waals surface area (Å²) >= 11 is 0. The van der Waals surface area contributed by atoms with Gasteiger partial charge in [-0.1, -0.05) is 13.3 Å². The van der Waals surface area contributed by atoms with E-state index in [1.807, 2.05) is 0 Å². The number of hydrogen-bond acceptors (Lipinski definition) is 2. The summed E-state index contributed by atoms with van der Waals surface area (Å²) < 4.78 is 0. The molecule has 0 saturated heterocycles. The van der Waals surface area contributed by atoms with Crippen molar-refractivity contribution in [2.75, 3.05) is 0 Å². The van der Waals surface area contributed by atoms with Gasteiger partial charge in [-0.05, 0) is 56.3 Å². The SMILES string of the molecule is CCC(C1CCC(=O)CC1)C1CCC(O)CC1. The highest BCUT2D eigenvalue weighted by molar-refractivity contribution is 5.79. The van der Waals surface area contributed by atoms with Crippen molar-refractivity contribution in [3.8, 4) is 0 Å². The lowest BCUT2D eigenvalue weighted by Gasteiger charge is -2.38. The van der Waals surface area contributed by atoms with Crippen LogP contribution in [0.1, 0.15) is 64.7 Å². The fraction of sp³-hybridized carbons (Fsp3) is 0.933. The Morgan fingerprint density at radius 1 is 1.06 bits per heavy atom. The van der Waals surface area contributed by atoms with Crippen molar-refractivity contribution < 1.29 is 9.90 Å². The van der Waals surface area contributed by atoms with Gasteiger partial charge in [0.25, 0.3) is 0 Å². The Labute approximate surface area is 105 Å². The number of aliphatic hydroxyl groups excluding tert-OH is 1. The second-order valence-corrected chi connectivity index (χ2v) is 6.02. The van der Waals surface area contributed by atoms with Crippen molar-refractivity contribution in [1.29, 1.82) is 0 Å². The molecule has 0 aromatic rings. The molecule has 1 unspecified atom stereocenters. The van der Waals surface area contributed by atoms with E-state index in [2.05, 4.69) is 6.92 Å². The fourth-order valence-electron chi connectivity index (χ4n) is 3.97. The van der Waals surface area contributed by atoms with Gasteiger partial charge in [0, 0.05) is 12.8 Å². The first-order valence-electron chi connectivity index (χ1n) is 7.40. The molecule has 0 radical (unpaired) electrons. The molecule has 0 aromatic heterocycles. The topological polar surface area (TPSA) is 37.3 Å². The van der Waals surface area contributed by atoms with E-state index in [9.17, 15) is 9.90 Å². The second kappa shape index (κ2) is 5.99. The molecule has 0 bridgehead atoms. The number of ketones is 1. The minimum Gasteiger partial charge on any atom is -0.393 e. The van der Waals surface area contributed by atoms with Gasteiger partial charge in [0.2, 0.25) is 0 Å². The number of rotatable bonds is 3. The molecule has 0 aromatic carbocycles. The molecule has 2 saturated carbocycles. The van der Waals surface area contributed by atoms with E-state index in [1.165, 1.54) is 19.3 Å². The predicted octanol–water partition coefficient (Wildman–Crippen LogP) is 3.32. The molecule has 0 spiro atoms. The summed E-state index contributed by atoms with van der Waals surface area (Å²) in [7, 11) is 0. The maximum atomic E-state index is 11.3. The van der Waals surface area contributed by atoms with Crippen LogP contribution in [0.4, 0.5) is 0 Å². The zero-order valence-electron chi connectivity index (χ0n) is 11.0. The van der Waals surface area contributed by atoms with Crippen molar-refractivity contribution in [3.05, 3.63) is 0 Å². The number of aliphatic hydroxyl groups is 1. The molecule has 98 valence electrons. The van der Waals surface area contributed by atoms with Gasteiger partial charge < -0.3 is 5.11 Å².